The molecule has 0 aromatic heterocycles. The summed E-state index contributed by atoms with van der Waals surface area (Å²) in [5, 5.41) is 2.66. The van der Waals surface area contributed by atoms with E-state index in [1.165, 1.54) is 0 Å². The molecule has 5 nitrogen and oxygen atoms in total. The number of hydrogen-bond acceptors (Lipinski definition) is 4. The molecule has 0 saturated carbocycles. The van der Waals surface area contributed by atoms with E-state index in [9.17, 15) is 4.79 Å². The lowest BCUT2D eigenvalue weighted by atomic mass is 10.2. The van der Waals surface area contributed by atoms with Crippen LogP contribution in [0.4, 0.5) is 10.5 Å². The van der Waals surface area contributed by atoms with Gasteiger partial charge in [-0.2, -0.15) is 0 Å². The first-order valence-corrected chi connectivity index (χ1v) is 6.46. The lowest BCUT2D eigenvalue weighted by Crippen LogP contribution is -2.13. The molecule has 0 aliphatic carbocycles. The van der Waals surface area contributed by atoms with Gasteiger partial charge in [-0.1, -0.05) is 0 Å². The predicted molar refractivity (Wildman–Crippen MR) is 74.2 cm³/mol. The third kappa shape index (κ3) is 4.35. The van der Waals surface area contributed by atoms with Crippen molar-refractivity contribution >= 4 is 11.8 Å². The van der Waals surface area contributed by atoms with Crippen molar-refractivity contribution in [3.8, 4) is 11.5 Å². The standard InChI is InChI=1S/C14H21NO4/c1-5-17-12-9-11(15-14(16)19-7-3)8-10(4)13(12)18-6-2/h8-9H,5-7H2,1-4H3,(H,15,16). The lowest BCUT2D eigenvalue weighted by molar-refractivity contribution is 0.168. The lowest BCUT2D eigenvalue weighted by Gasteiger charge is -2.15. The molecule has 0 atom stereocenters. The van der Waals surface area contributed by atoms with E-state index < -0.39 is 6.09 Å². The van der Waals surface area contributed by atoms with Gasteiger partial charge in [0.05, 0.1) is 19.8 Å². The number of anilines is 1. The Balaban J connectivity index is 2.98. The number of rotatable bonds is 6. The molecule has 1 amide bonds. The minimum atomic E-state index is -0.478. The summed E-state index contributed by atoms with van der Waals surface area (Å²) in [4.78, 5) is 11.4. The second-order valence-corrected chi connectivity index (χ2v) is 3.83. The van der Waals surface area contributed by atoms with Gasteiger partial charge in [-0.25, -0.2) is 4.79 Å². The summed E-state index contributed by atoms with van der Waals surface area (Å²) in [7, 11) is 0. The molecule has 19 heavy (non-hydrogen) atoms. The summed E-state index contributed by atoms with van der Waals surface area (Å²) >= 11 is 0. The second-order valence-electron chi connectivity index (χ2n) is 3.83. The van der Waals surface area contributed by atoms with Crippen LogP contribution in [0.1, 0.15) is 26.3 Å². The zero-order valence-electron chi connectivity index (χ0n) is 11.9. The predicted octanol–water partition coefficient (Wildman–Crippen LogP) is 3.36. The molecule has 1 N–H and O–H groups in total. The highest BCUT2D eigenvalue weighted by molar-refractivity contribution is 5.85. The van der Waals surface area contributed by atoms with Crippen LogP contribution >= 0.6 is 0 Å². The van der Waals surface area contributed by atoms with Crippen molar-refractivity contribution in [2.45, 2.75) is 27.7 Å². The summed E-state index contributed by atoms with van der Waals surface area (Å²) in [6.45, 7) is 8.91. The third-order valence-electron chi connectivity index (χ3n) is 2.35. The summed E-state index contributed by atoms with van der Waals surface area (Å²) in [6.07, 6.45) is -0.478. The minimum Gasteiger partial charge on any atom is -0.490 e. The molecule has 5 heteroatoms. The quantitative estimate of drug-likeness (QED) is 0.858. The van der Waals surface area contributed by atoms with E-state index in [1.807, 2.05) is 26.8 Å². The van der Waals surface area contributed by atoms with Crippen molar-refractivity contribution in [1.82, 2.24) is 0 Å². The van der Waals surface area contributed by atoms with Crippen molar-refractivity contribution in [3.63, 3.8) is 0 Å². The zero-order valence-corrected chi connectivity index (χ0v) is 11.9. The van der Waals surface area contributed by atoms with Gasteiger partial charge in [0.1, 0.15) is 0 Å². The number of carbonyl (C=O) groups is 1. The van der Waals surface area contributed by atoms with Gasteiger partial charge in [0, 0.05) is 11.8 Å². The molecule has 0 spiro atoms. The monoisotopic (exact) mass is 267 g/mol. The molecule has 0 saturated heterocycles. The SMILES string of the molecule is CCOC(=O)Nc1cc(C)c(OCC)c(OCC)c1. The summed E-state index contributed by atoms with van der Waals surface area (Å²) in [5.74, 6) is 1.33. The molecule has 1 rings (SSSR count). The fraction of sp³-hybridized carbons (Fsp3) is 0.500. The Morgan fingerprint density at radius 1 is 1.11 bits per heavy atom. The van der Waals surface area contributed by atoms with Crippen molar-refractivity contribution in [2.75, 3.05) is 25.1 Å². The average molecular weight is 267 g/mol. The highest BCUT2D eigenvalue weighted by Crippen LogP contribution is 2.34. The van der Waals surface area contributed by atoms with Gasteiger partial charge in [0.15, 0.2) is 11.5 Å². The van der Waals surface area contributed by atoms with Crippen LogP contribution in [0.3, 0.4) is 0 Å². The Kier molecular flexibility index (Phi) is 5.99. The summed E-state index contributed by atoms with van der Waals surface area (Å²) < 4.78 is 15.9. The van der Waals surface area contributed by atoms with Crippen molar-refractivity contribution < 1.29 is 19.0 Å². The number of ether oxygens (including phenoxy) is 3. The molecule has 0 fully saturated rings. The topological polar surface area (TPSA) is 56.8 Å². The fourth-order valence-corrected chi connectivity index (χ4v) is 1.69. The molecule has 1 aromatic carbocycles. The zero-order chi connectivity index (χ0) is 14.3. The summed E-state index contributed by atoms with van der Waals surface area (Å²) in [6, 6.07) is 3.56. The maximum Gasteiger partial charge on any atom is 0.411 e. The van der Waals surface area contributed by atoms with Crippen LogP contribution in [-0.2, 0) is 4.74 Å². The van der Waals surface area contributed by atoms with Crippen LogP contribution < -0.4 is 14.8 Å². The van der Waals surface area contributed by atoms with Gasteiger partial charge in [-0.3, -0.25) is 5.32 Å². The Bertz CT molecular complexity index is 432. The largest absolute Gasteiger partial charge is 0.490 e. The van der Waals surface area contributed by atoms with E-state index in [-0.39, 0.29) is 0 Å². The van der Waals surface area contributed by atoms with E-state index in [2.05, 4.69) is 5.32 Å². The van der Waals surface area contributed by atoms with E-state index in [4.69, 9.17) is 14.2 Å². The van der Waals surface area contributed by atoms with Crippen molar-refractivity contribution in [1.29, 1.82) is 0 Å². The highest BCUT2D eigenvalue weighted by Gasteiger charge is 2.12. The first-order chi connectivity index (χ1) is 9.12. The molecular formula is C14H21NO4. The number of hydrogen-bond donors (Lipinski definition) is 1. The van der Waals surface area contributed by atoms with E-state index in [1.54, 1.807) is 13.0 Å². The first-order valence-electron chi connectivity index (χ1n) is 6.46. The van der Waals surface area contributed by atoms with E-state index >= 15 is 0 Å². The third-order valence-corrected chi connectivity index (χ3v) is 2.35. The first kappa shape index (κ1) is 15.1. The molecule has 106 valence electrons. The minimum absolute atomic E-state index is 0.333. The number of nitrogens with one attached hydrogen (secondary N) is 1. The Labute approximate surface area is 113 Å². The van der Waals surface area contributed by atoms with Gasteiger partial charge < -0.3 is 14.2 Å². The Hall–Kier alpha value is -1.91. The van der Waals surface area contributed by atoms with Crippen molar-refractivity contribution in [2.24, 2.45) is 0 Å². The second kappa shape index (κ2) is 7.51. The Morgan fingerprint density at radius 3 is 2.37 bits per heavy atom. The number of amides is 1. The molecular weight excluding hydrogens is 246 g/mol. The molecule has 0 bridgehead atoms. The van der Waals surface area contributed by atoms with Crippen molar-refractivity contribution in [3.05, 3.63) is 17.7 Å². The molecule has 0 aliphatic heterocycles. The van der Waals surface area contributed by atoms with Crippen LogP contribution in [-0.4, -0.2) is 25.9 Å². The van der Waals surface area contributed by atoms with Crippen LogP contribution in [0, 0.1) is 6.92 Å². The van der Waals surface area contributed by atoms with Gasteiger partial charge in [0.25, 0.3) is 0 Å². The molecule has 0 heterocycles. The molecule has 0 radical (unpaired) electrons. The van der Waals surface area contributed by atoms with Gasteiger partial charge in [-0.05, 0) is 39.3 Å². The highest BCUT2D eigenvalue weighted by atomic mass is 16.5. The van der Waals surface area contributed by atoms with Crippen LogP contribution in [0.25, 0.3) is 0 Å². The van der Waals surface area contributed by atoms with Crippen LogP contribution in [0.15, 0.2) is 12.1 Å². The smallest absolute Gasteiger partial charge is 0.411 e. The van der Waals surface area contributed by atoms with E-state index in [0.717, 1.165) is 5.56 Å². The maximum absolute atomic E-state index is 11.4. The normalized spacial score (nSPS) is 9.89. The van der Waals surface area contributed by atoms with Gasteiger partial charge >= 0.3 is 6.09 Å². The molecule has 0 aliphatic rings. The number of benzene rings is 1. The molecule has 0 unspecified atom stereocenters. The summed E-state index contributed by atoms with van der Waals surface area (Å²) in [5.41, 5.74) is 1.53. The number of aryl methyl sites for hydroxylation is 1. The van der Waals surface area contributed by atoms with Gasteiger partial charge in [0.2, 0.25) is 0 Å². The van der Waals surface area contributed by atoms with Crippen LogP contribution in [0.5, 0.6) is 11.5 Å². The Morgan fingerprint density at radius 2 is 1.79 bits per heavy atom. The van der Waals surface area contributed by atoms with Gasteiger partial charge in [-0.15, -0.1) is 0 Å². The van der Waals surface area contributed by atoms with E-state index in [0.29, 0.717) is 37.0 Å². The molecule has 1 aromatic rings. The maximum atomic E-state index is 11.4. The van der Waals surface area contributed by atoms with Crippen LogP contribution in [0.2, 0.25) is 0 Å². The fourth-order valence-electron chi connectivity index (χ4n) is 1.69. The number of carbonyl (C=O) groups excluding carboxylic acids is 1. The average Bonchev–Trinajstić information content (AvgIpc) is 2.34.